The van der Waals surface area contributed by atoms with Crippen molar-refractivity contribution in [1.29, 1.82) is 0 Å². The molecule has 1 N–H and O–H groups in total. The van der Waals surface area contributed by atoms with Gasteiger partial charge in [-0.3, -0.25) is 4.68 Å². The van der Waals surface area contributed by atoms with Crippen LogP contribution in [0.15, 0.2) is 12.3 Å². The predicted octanol–water partition coefficient (Wildman–Crippen LogP) is 1.01. The van der Waals surface area contributed by atoms with E-state index >= 15 is 0 Å². The van der Waals surface area contributed by atoms with Crippen LogP contribution in [-0.2, 0) is 4.65 Å². The van der Waals surface area contributed by atoms with Gasteiger partial charge >= 0.3 is 7.48 Å². The summed E-state index contributed by atoms with van der Waals surface area (Å²) >= 11 is 0. The Kier molecular flexibility index (Phi) is 4.04. The molecule has 0 amide bonds. The van der Waals surface area contributed by atoms with E-state index in [0.29, 0.717) is 13.5 Å². The first-order valence-electron chi connectivity index (χ1n) is 6.04. The van der Waals surface area contributed by atoms with Gasteiger partial charge in [-0.1, -0.05) is 0 Å². The van der Waals surface area contributed by atoms with Crippen molar-refractivity contribution in [3.8, 4) is 0 Å². The fourth-order valence-electron chi connectivity index (χ4n) is 1.17. The predicted molar refractivity (Wildman–Crippen MR) is 70.9 cm³/mol. The number of aromatic nitrogens is 2. The molecule has 5 heteroatoms. The third kappa shape index (κ3) is 3.58. The summed E-state index contributed by atoms with van der Waals surface area (Å²) in [6, 6.07) is 2.30. The summed E-state index contributed by atoms with van der Waals surface area (Å²) in [4.78, 5) is 0. The van der Waals surface area contributed by atoms with Crippen LogP contribution in [0.1, 0.15) is 47.6 Å². The van der Waals surface area contributed by atoms with E-state index < -0.39 is 11.2 Å². The van der Waals surface area contributed by atoms with Gasteiger partial charge in [0.2, 0.25) is 0 Å². The fourth-order valence-corrected chi connectivity index (χ4v) is 1.17. The molecule has 0 saturated carbocycles. The van der Waals surface area contributed by atoms with Gasteiger partial charge in [-0.25, -0.2) is 0 Å². The first kappa shape index (κ1) is 14.3. The molecule has 4 nitrogen and oxygen atoms in total. The Labute approximate surface area is 104 Å². The fraction of sp³-hybridized carbons (Fsp3) is 0.750. The molecule has 0 atom stereocenters. The molecule has 1 heterocycles. The third-order valence-electron chi connectivity index (χ3n) is 3.25. The molecule has 0 unspecified atom stereocenters. The van der Waals surface area contributed by atoms with Crippen molar-refractivity contribution in [2.24, 2.45) is 0 Å². The SMILES string of the molecule is CC(C)n1ccc(BOC(C)(C)C(C)(C)O)n1. The zero-order chi connectivity index (χ0) is 13.3. The van der Waals surface area contributed by atoms with Crippen molar-refractivity contribution in [3.05, 3.63) is 12.3 Å². The highest BCUT2D eigenvalue weighted by atomic mass is 16.5. The maximum absolute atomic E-state index is 9.97. The van der Waals surface area contributed by atoms with Crippen LogP contribution in [0.2, 0.25) is 0 Å². The minimum atomic E-state index is -0.881. The Morgan fingerprint density at radius 1 is 1.35 bits per heavy atom. The molecule has 0 aliphatic carbocycles. The Hall–Kier alpha value is -0.805. The molecule has 17 heavy (non-hydrogen) atoms. The van der Waals surface area contributed by atoms with Crippen molar-refractivity contribution in [1.82, 2.24) is 9.78 Å². The number of hydrogen-bond donors (Lipinski definition) is 1. The largest absolute Gasteiger partial charge is 0.425 e. The molecule has 1 aromatic heterocycles. The van der Waals surface area contributed by atoms with Crippen molar-refractivity contribution >= 4 is 13.1 Å². The van der Waals surface area contributed by atoms with Gasteiger partial charge in [-0.2, -0.15) is 5.10 Å². The molecule has 0 aliphatic rings. The van der Waals surface area contributed by atoms with Crippen LogP contribution in [0.3, 0.4) is 0 Å². The Bertz CT molecular complexity index is 367. The summed E-state index contributed by atoms with van der Waals surface area (Å²) < 4.78 is 7.65. The molecule has 0 aromatic carbocycles. The zero-order valence-corrected chi connectivity index (χ0v) is 11.7. The Balaban J connectivity index is 2.61. The van der Waals surface area contributed by atoms with Crippen molar-refractivity contribution in [2.75, 3.05) is 0 Å². The lowest BCUT2D eigenvalue weighted by Gasteiger charge is -2.37. The molecule has 0 radical (unpaired) electrons. The Morgan fingerprint density at radius 3 is 2.35 bits per heavy atom. The molecular weight excluding hydrogens is 215 g/mol. The van der Waals surface area contributed by atoms with E-state index in [4.69, 9.17) is 4.65 Å². The monoisotopic (exact) mass is 238 g/mol. The smallest absolute Gasteiger partial charge is 0.331 e. The molecule has 0 fully saturated rings. The average Bonchev–Trinajstić information content (AvgIpc) is 2.61. The second-order valence-electron chi connectivity index (χ2n) is 5.74. The number of hydrogen-bond acceptors (Lipinski definition) is 3. The van der Waals surface area contributed by atoms with E-state index in [1.54, 1.807) is 13.8 Å². The number of aliphatic hydroxyl groups is 1. The van der Waals surface area contributed by atoms with Crippen LogP contribution >= 0.6 is 0 Å². The molecule has 0 bridgehead atoms. The van der Waals surface area contributed by atoms with E-state index in [9.17, 15) is 5.11 Å². The summed E-state index contributed by atoms with van der Waals surface area (Å²) in [6.07, 6.45) is 1.94. The minimum Gasteiger partial charge on any atom is -0.425 e. The third-order valence-corrected chi connectivity index (χ3v) is 3.25. The molecule has 1 aromatic rings. The summed E-state index contributed by atoms with van der Waals surface area (Å²) in [6.45, 7) is 11.4. The van der Waals surface area contributed by atoms with E-state index in [1.165, 1.54) is 0 Å². The van der Waals surface area contributed by atoms with Gasteiger partial charge in [0.25, 0.3) is 0 Å². The quantitative estimate of drug-likeness (QED) is 0.778. The normalized spacial score (nSPS) is 13.2. The highest BCUT2D eigenvalue weighted by Gasteiger charge is 2.35. The summed E-state index contributed by atoms with van der Waals surface area (Å²) in [7, 11) is 0.413. The van der Waals surface area contributed by atoms with Crippen LogP contribution in [0.4, 0.5) is 0 Å². The highest BCUT2D eigenvalue weighted by Crippen LogP contribution is 2.24. The molecule has 96 valence electrons. The Morgan fingerprint density at radius 2 is 1.94 bits per heavy atom. The molecule has 0 saturated heterocycles. The first-order valence-corrected chi connectivity index (χ1v) is 6.04. The second kappa shape index (κ2) is 4.82. The second-order valence-corrected chi connectivity index (χ2v) is 5.74. The average molecular weight is 238 g/mol. The van der Waals surface area contributed by atoms with Gasteiger partial charge in [-0.15, -0.1) is 0 Å². The lowest BCUT2D eigenvalue weighted by Crippen LogP contribution is -2.49. The lowest BCUT2D eigenvalue weighted by atomic mass is 9.85. The van der Waals surface area contributed by atoms with Crippen molar-refractivity contribution in [2.45, 2.75) is 58.8 Å². The van der Waals surface area contributed by atoms with Crippen LogP contribution in [-0.4, -0.2) is 33.6 Å². The maximum atomic E-state index is 9.97. The highest BCUT2D eigenvalue weighted by molar-refractivity contribution is 6.45. The van der Waals surface area contributed by atoms with E-state index in [-0.39, 0.29) is 0 Å². The zero-order valence-electron chi connectivity index (χ0n) is 11.7. The lowest BCUT2D eigenvalue weighted by molar-refractivity contribution is -0.0893. The summed E-state index contributed by atoms with van der Waals surface area (Å²) in [5.74, 6) is 0. The topological polar surface area (TPSA) is 47.3 Å². The van der Waals surface area contributed by atoms with Gasteiger partial charge < -0.3 is 9.76 Å². The minimum absolute atomic E-state index is 0.353. The number of nitrogens with zero attached hydrogens (tertiary/aromatic N) is 2. The first-order chi connectivity index (χ1) is 7.63. The van der Waals surface area contributed by atoms with Gasteiger partial charge in [0.15, 0.2) is 0 Å². The van der Waals surface area contributed by atoms with Crippen LogP contribution < -0.4 is 5.59 Å². The van der Waals surface area contributed by atoms with Crippen LogP contribution in [0, 0.1) is 0 Å². The molecule has 0 aliphatic heterocycles. The molecule has 1 rings (SSSR count). The van der Waals surface area contributed by atoms with Crippen LogP contribution in [0.25, 0.3) is 0 Å². The van der Waals surface area contributed by atoms with Crippen molar-refractivity contribution < 1.29 is 9.76 Å². The summed E-state index contributed by atoms with van der Waals surface area (Å²) in [5.41, 5.74) is -0.599. The number of rotatable bonds is 5. The van der Waals surface area contributed by atoms with Crippen LogP contribution in [0.5, 0.6) is 0 Å². The van der Waals surface area contributed by atoms with Gasteiger partial charge in [0.05, 0.1) is 16.8 Å². The van der Waals surface area contributed by atoms with E-state index in [1.807, 2.05) is 30.8 Å². The van der Waals surface area contributed by atoms with E-state index in [2.05, 4.69) is 18.9 Å². The summed E-state index contributed by atoms with van der Waals surface area (Å²) in [5, 5.41) is 14.4. The molecule has 0 spiro atoms. The van der Waals surface area contributed by atoms with Gasteiger partial charge in [0, 0.05) is 12.2 Å². The van der Waals surface area contributed by atoms with Crippen molar-refractivity contribution in [3.63, 3.8) is 0 Å². The van der Waals surface area contributed by atoms with Gasteiger partial charge in [-0.05, 0) is 47.6 Å². The van der Waals surface area contributed by atoms with Gasteiger partial charge in [0.1, 0.15) is 0 Å². The standard InChI is InChI=1S/C12H23BN2O2/c1-9(2)15-8-7-10(14-15)13-17-12(5,6)11(3,4)16/h7-9,13,16H,1-6H3. The maximum Gasteiger partial charge on any atom is 0.331 e. The molecular formula is C12H23BN2O2. The van der Waals surface area contributed by atoms with E-state index in [0.717, 1.165) is 5.59 Å².